The van der Waals surface area contributed by atoms with E-state index >= 15 is 0 Å². The Labute approximate surface area is 191 Å². The van der Waals surface area contributed by atoms with Gasteiger partial charge >= 0.3 is 0 Å². The fourth-order valence-corrected chi connectivity index (χ4v) is 3.48. The molecule has 31 heavy (non-hydrogen) atoms. The van der Waals surface area contributed by atoms with Crippen LogP contribution in [0.3, 0.4) is 0 Å². The summed E-state index contributed by atoms with van der Waals surface area (Å²) in [5, 5.41) is 6.57. The van der Waals surface area contributed by atoms with Crippen LogP contribution < -0.4 is 15.4 Å². The highest BCUT2D eigenvalue weighted by Gasteiger charge is 2.21. The third kappa shape index (κ3) is 6.23. The molecule has 5 nitrogen and oxygen atoms in total. The minimum Gasteiger partial charge on any atom is -0.492 e. The molecule has 3 rings (SSSR count). The molecule has 0 aromatic heterocycles. The zero-order chi connectivity index (χ0) is 22.2. The number of anilines is 1. The molecule has 3 aromatic carbocycles. The minimum atomic E-state index is -0.556. The van der Waals surface area contributed by atoms with E-state index in [1.807, 2.05) is 37.3 Å². The Hall–Kier alpha value is -3.02. The maximum absolute atomic E-state index is 12.9. The molecule has 0 spiro atoms. The number of hydrogen-bond donors (Lipinski definition) is 2. The van der Waals surface area contributed by atoms with E-state index in [-0.39, 0.29) is 18.2 Å². The molecule has 0 bridgehead atoms. The number of benzene rings is 3. The number of carbonyl (C=O) groups is 2. The molecule has 2 N–H and O–H groups in total. The summed E-state index contributed by atoms with van der Waals surface area (Å²) in [5.74, 6) is -0.127. The Balaban J connectivity index is 1.80. The van der Waals surface area contributed by atoms with Crippen molar-refractivity contribution in [1.82, 2.24) is 5.32 Å². The highest BCUT2D eigenvalue weighted by Crippen LogP contribution is 2.29. The summed E-state index contributed by atoms with van der Waals surface area (Å²) in [5.41, 5.74) is 1.62. The van der Waals surface area contributed by atoms with Crippen molar-refractivity contribution in [3.8, 4) is 5.75 Å². The summed E-state index contributed by atoms with van der Waals surface area (Å²) in [6.45, 7) is 2.31. The fourth-order valence-electron chi connectivity index (χ4n) is 3.09. The topological polar surface area (TPSA) is 67.4 Å². The molecular formula is C24H22Cl2N2O3. The highest BCUT2D eigenvalue weighted by molar-refractivity contribution is 6.33. The number of carbonyl (C=O) groups excluding carboxylic acids is 2. The first-order chi connectivity index (χ1) is 15.0. The SMILES string of the molecule is CCOc1ccc(Cl)cc1NC(=O)CC(NC(=O)c1ccccc1Cl)c1ccccc1. The number of ether oxygens (including phenoxy) is 1. The summed E-state index contributed by atoms with van der Waals surface area (Å²) in [6, 6.07) is 20.5. The monoisotopic (exact) mass is 456 g/mol. The third-order valence-corrected chi connectivity index (χ3v) is 5.10. The zero-order valence-corrected chi connectivity index (χ0v) is 18.4. The zero-order valence-electron chi connectivity index (χ0n) is 16.9. The molecule has 2 amide bonds. The maximum atomic E-state index is 12.9. The Morgan fingerprint density at radius 1 is 0.968 bits per heavy atom. The van der Waals surface area contributed by atoms with Crippen molar-refractivity contribution in [2.24, 2.45) is 0 Å². The quantitative estimate of drug-likeness (QED) is 0.443. The number of rotatable bonds is 8. The van der Waals surface area contributed by atoms with Crippen molar-refractivity contribution in [2.45, 2.75) is 19.4 Å². The van der Waals surface area contributed by atoms with Gasteiger partial charge in [-0.15, -0.1) is 0 Å². The normalized spacial score (nSPS) is 11.5. The van der Waals surface area contributed by atoms with Gasteiger partial charge < -0.3 is 15.4 Å². The Bertz CT molecular complexity index is 1060. The summed E-state index contributed by atoms with van der Waals surface area (Å²) in [4.78, 5) is 25.7. The van der Waals surface area contributed by atoms with E-state index in [2.05, 4.69) is 10.6 Å². The summed E-state index contributed by atoms with van der Waals surface area (Å²) in [6.07, 6.45) is 0.0122. The average molecular weight is 457 g/mol. The predicted octanol–water partition coefficient (Wildman–Crippen LogP) is 5.89. The second-order valence-electron chi connectivity index (χ2n) is 6.74. The Morgan fingerprint density at radius 2 is 1.68 bits per heavy atom. The van der Waals surface area contributed by atoms with E-state index in [0.29, 0.717) is 33.7 Å². The van der Waals surface area contributed by atoms with Gasteiger partial charge in [0, 0.05) is 5.02 Å². The van der Waals surface area contributed by atoms with Crippen LogP contribution in [0.4, 0.5) is 5.69 Å². The molecule has 1 unspecified atom stereocenters. The maximum Gasteiger partial charge on any atom is 0.253 e. The van der Waals surface area contributed by atoms with E-state index in [4.69, 9.17) is 27.9 Å². The van der Waals surface area contributed by atoms with Crippen molar-refractivity contribution in [3.63, 3.8) is 0 Å². The van der Waals surface area contributed by atoms with Crippen LogP contribution in [0.15, 0.2) is 72.8 Å². The molecule has 7 heteroatoms. The van der Waals surface area contributed by atoms with Gasteiger partial charge in [-0.3, -0.25) is 9.59 Å². The van der Waals surface area contributed by atoms with Gasteiger partial charge in [-0.2, -0.15) is 0 Å². The van der Waals surface area contributed by atoms with E-state index in [1.165, 1.54) is 0 Å². The molecule has 0 radical (unpaired) electrons. The molecule has 0 heterocycles. The van der Waals surface area contributed by atoms with Gasteiger partial charge in [-0.1, -0.05) is 65.7 Å². The van der Waals surface area contributed by atoms with Crippen LogP contribution >= 0.6 is 23.2 Å². The first-order valence-electron chi connectivity index (χ1n) is 9.80. The lowest BCUT2D eigenvalue weighted by molar-refractivity contribution is -0.116. The van der Waals surface area contributed by atoms with Gasteiger partial charge in [0.2, 0.25) is 5.91 Å². The molecule has 0 saturated carbocycles. The molecule has 1 atom stereocenters. The van der Waals surface area contributed by atoms with Crippen molar-refractivity contribution < 1.29 is 14.3 Å². The summed E-state index contributed by atoms with van der Waals surface area (Å²) in [7, 11) is 0. The van der Waals surface area contributed by atoms with Gasteiger partial charge in [0.25, 0.3) is 5.91 Å². The summed E-state index contributed by atoms with van der Waals surface area (Å²) < 4.78 is 5.56. The van der Waals surface area contributed by atoms with Crippen molar-refractivity contribution >= 4 is 40.7 Å². The lowest BCUT2D eigenvalue weighted by atomic mass is 10.0. The second-order valence-corrected chi connectivity index (χ2v) is 7.59. The third-order valence-electron chi connectivity index (χ3n) is 4.53. The molecular weight excluding hydrogens is 435 g/mol. The van der Waals surface area contributed by atoms with E-state index in [0.717, 1.165) is 5.56 Å². The lowest BCUT2D eigenvalue weighted by Gasteiger charge is -2.20. The first kappa shape index (κ1) is 22.7. The van der Waals surface area contributed by atoms with Crippen LogP contribution in [0.2, 0.25) is 10.0 Å². The standard InChI is InChI=1S/C24H22Cl2N2O3/c1-2-31-22-13-12-17(25)14-21(22)27-23(29)15-20(16-8-4-3-5-9-16)28-24(30)18-10-6-7-11-19(18)26/h3-14,20H,2,15H2,1H3,(H,27,29)(H,28,30). The van der Waals surface area contributed by atoms with Crippen molar-refractivity contribution in [1.29, 1.82) is 0 Å². The molecule has 0 saturated heterocycles. The van der Waals surface area contributed by atoms with Crippen molar-refractivity contribution in [2.75, 3.05) is 11.9 Å². The van der Waals surface area contributed by atoms with Crippen LogP contribution in [-0.2, 0) is 4.79 Å². The Kier molecular flexibility index (Phi) is 7.93. The average Bonchev–Trinajstić information content (AvgIpc) is 2.76. The van der Waals surface area contributed by atoms with Crippen molar-refractivity contribution in [3.05, 3.63) is 94.0 Å². The molecule has 0 fully saturated rings. The van der Waals surface area contributed by atoms with Gasteiger partial charge in [0.05, 0.1) is 35.3 Å². The largest absolute Gasteiger partial charge is 0.492 e. The van der Waals surface area contributed by atoms with Gasteiger partial charge in [0.1, 0.15) is 5.75 Å². The van der Waals surface area contributed by atoms with Crippen LogP contribution in [0, 0.1) is 0 Å². The van der Waals surface area contributed by atoms with E-state index in [9.17, 15) is 9.59 Å². The number of halogens is 2. The van der Waals surface area contributed by atoms with Crippen LogP contribution in [0.1, 0.15) is 35.3 Å². The van der Waals surface area contributed by atoms with Gasteiger partial charge in [-0.25, -0.2) is 0 Å². The number of hydrogen-bond acceptors (Lipinski definition) is 3. The molecule has 0 aliphatic carbocycles. The molecule has 0 aliphatic heterocycles. The van der Waals surface area contributed by atoms with Gasteiger partial charge in [0.15, 0.2) is 0 Å². The van der Waals surface area contributed by atoms with Crippen LogP contribution in [0.25, 0.3) is 0 Å². The fraction of sp³-hybridized carbons (Fsp3) is 0.167. The first-order valence-corrected chi connectivity index (χ1v) is 10.6. The molecule has 3 aromatic rings. The van der Waals surface area contributed by atoms with E-state index < -0.39 is 6.04 Å². The highest BCUT2D eigenvalue weighted by atomic mass is 35.5. The number of amides is 2. The van der Waals surface area contributed by atoms with Gasteiger partial charge in [-0.05, 0) is 42.8 Å². The minimum absolute atomic E-state index is 0.0122. The predicted molar refractivity (Wildman–Crippen MR) is 124 cm³/mol. The smallest absolute Gasteiger partial charge is 0.253 e. The molecule has 160 valence electrons. The summed E-state index contributed by atoms with van der Waals surface area (Å²) >= 11 is 12.2. The van der Waals surface area contributed by atoms with Crippen LogP contribution in [0.5, 0.6) is 5.75 Å². The number of nitrogens with one attached hydrogen (secondary N) is 2. The van der Waals surface area contributed by atoms with Crippen LogP contribution in [-0.4, -0.2) is 18.4 Å². The molecule has 0 aliphatic rings. The Morgan fingerprint density at radius 3 is 2.39 bits per heavy atom. The second kappa shape index (κ2) is 10.8. The lowest BCUT2D eigenvalue weighted by Crippen LogP contribution is -2.31. The van der Waals surface area contributed by atoms with E-state index in [1.54, 1.807) is 42.5 Å².